The van der Waals surface area contributed by atoms with Gasteiger partial charge in [0, 0.05) is 6.42 Å². The molecule has 3 heteroatoms. The van der Waals surface area contributed by atoms with E-state index in [1.807, 2.05) is 24.3 Å². The number of benzene rings is 2. The Hall–Kier alpha value is -1.80. The molecule has 86 valence electrons. The summed E-state index contributed by atoms with van der Waals surface area (Å²) >= 11 is 5.85. The second-order valence-electron chi connectivity index (χ2n) is 3.73. The van der Waals surface area contributed by atoms with Crippen LogP contribution >= 0.6 is 11.6 Å². The van der Waals surface area contributed by atoms with E-state index in [4.69, 9.17) is 11.6 Å². The van der Waals surface area contributed by atoms with Crippen LogP contribution in [0.4, 0.5) is 0 Å². The summed E-state index contributed by atoms with van der Waals surface area (Å²) in [5, 5.41) is 9.67. The fraction of sp³-hybridized carbons (Fsp3) is 0.0714. The van der Waals surface area contributed by atoms with Crippen LogP contribution in [0.15, 0.2) is 42.5 Å². The third-order valence-electron chi connectivity index (χ3n) is 2.55. The Balaban J connectivity index is 2.32. The van der Waals surface area contributed by atoms with Gasteiger partial charge in [-0.2, -0.15) is 0 Å². The Bertz CT molecular complexity index is 532. The van der Waals surface area contributed by atoms with Crippen molar-refractivity contribution >= 4 is 17.9 Å². The Morgan fingerprint density at radius 1 is 1.06 bits per heavy atom. The Morgan fingerprint density at radius 3 is 2.29 bits per heavy atom. The molecule has 0 amide bonds. The van der Waals surface area contributed by atoms with E-state index in [-0.39, 0.29) is 5.75 Å². The minimum atomic E-state index is 0.0768. The van der Waals surface area contributed by atoms with Crippen LogP contribution in [-0.2, 0) is 11.2 Å². The molecule has 0 unspecified atom stereocenters. The molecular formula is C14H11ClO2. The minimum Gasteiger partial charge on any atom is -0.506 e. The first-order valence-corrected chi connectivity index (χ1v) is 5.60. The van der Waals surface area contributed by atoms with Gasteiger partial charge in [-0.1, -0.05) is 41.9 Å². The Labute approximate surface area is 104 Å². The molecule has 2 nitrogen and oxygen atoms in total. The Kier molecular flexibility index (Phi) is 3.45. The molecular weight excluding hydrogens is 236 g/mol. The van der Waals surface area contributed by atoms with Crippen molar-refractivity contribution in [1.29, 1.82) is 0 Å². The van der Waals surface area contributed by atoms with E-state index in [1.165, 1.54) is 0 Å². The molecule has 0 aliphatic carbocycles. The van der Waals surface area contributed by atoms with E-state index in [2.05, 4.69) is 0 Å². The third-order valence-corrected chi connectivity index (χ3v) is 2.86. The summed E-state index contributed by atoms with van der Waals surface area (Å²) in [4.78, 5) is 10.4. The molecule has 0 bridgehead atoms. The molecule has 0 spiro atoms. The lowest BCUT2D eigenvalue weighted by molar-refractivity contribution is -0.107. The van der Waals surface area contributed by atoms with Gasteiger partial charge in [0.1, 0.15) is 12.0 Å². The van der Waals surface area contributed by atoms with Gasteiger partial charge in [-0.25, -0.2) is 0 Å². The molecule has 0 aliphatic rings. The quantitative estimate of drug-likeness (QED) is 0.843. The molecule has 1 N–H and O–H groups in total. The average Bonchev–Trinajstić information content (AvgIpc) is 2.34. The summed E-state index contributed by atoms with van der Waals surface area (Å²) in [5.41, 5.74) is 2.92. The molecule has 0 atom stereocenters. The zero-order chi connectivity index (χ0) is 12.3. The molecule has 0 aliphatic heterocycles. The Morgan fingerprint density at radius 2 is 1.71 bits per heavy atom. The maximum atomic E-state index is 10.4. The molecule has 2 aromatic carbocycles. The van der Waals surface area contributed by atoms with E-state index >= 15 is 0 Å². The highest BCUT2D eigenvalue weighted by molar-refractivity contribution is 6.32. The maximum Gasteiger partial charge on any atom is 0.134 e. The van der Waals surface area contributed by atoms with E-state index in [0.29, 0.717) is 11.4 Å². The summed E-state index contributed by atoms with van der Waals surface area (Å²) in [5.74, 6) is 0.0768. The second-order valence-corrected chi connectivity index (χ2v) is 4.14. The average molecular weight is 247 g/mol. The lowest BCUT2D eigenvalue weighted by atomic mass is 10.0. The van der Waals surface area contributed by atoms with Crippen LogP contribution in [0, 0.1) is 0 Å². The molecule has 2 aromatic rings. The topological polar surface area (TPSA) is 37.3 Å². The number of phenolic OH excluding ortho intramolecular Hbond substituents is 1. The van der Waals surface area contributed by atoms with Crippen LogP contribution in [0.1, 0.15) is 5.56 Å². The van der Waals surface area contributed by atoms with Crippen molar-refractivity contribution < 1.29 is 9.90 Å². The zero-order valence-corrected chi connectivity index (χ0v) is 9.82. The second kappa shape index (κ2) is 5.02. The van der Waals surface area contributed by atoms with Crippen LogP contribution in [0.2, 0.25) is 5.02 Å². The third kappa shape index (κ3) is 2.66. The summed E-state index contributed by atoms with van der Waals surface area (Å²) < 4.78 is 0. The first-order chi connectivity index (χ1) is 8.20. The number of hydrogen-bond donors (Lipinski definition) is 1. The molecule has 0 fully saturated rings. The normalized spacial score (nSPS) is 10.2. The largest absolute Gasteiger partial charge is 0.506 e. The van der Waals surface area contributed by atoms with Crippen molar-refractivity contribution in [2.45, 2.75) is 6.42 Å². The number of phenols is 1. The van der Waals surface area contributed by atoms with Crippen LogP contribution in [0.25, 0.3) is 11.1 Å². The molecule has 2 rings (SSSR count). The van der Waals surface area contributed by atoms with Gasteiger partial charge in [0.2, 0.25) is 0 Å². The van der Waals surface area contributed by atoms with Crippen molar-refractivity contribution in [3.63, 3.8) is 0 Å². The fourth-order valence-electron chi connectivity index (χ4n) is 1.62. The standard InChI is InChI=1S/C14H11ClO2/c15-13-9-12(5-6-14(13)17)11-3-1-10(2-4-11)7-8-16/h1-6,8-9,17H,7H2. The SMILES string of the molecule is O=CCc1ccc(-c2ccc(O)c(Cl)c2)cc1. The van der Waals surface area contributed by atoms with Crippen LogP contribution in [0.3, 0.4) is 0 Å². The van der Waals surface area contributed by atoms with Gasteiger partial charge in [-0.15, -0.1) is 0 Å². The number of carbonyl (C=O) groups is 1. The molecule has 0 radical (unpaired) electrons. The number of aromatic hydroxyl groups is 1. The van der Waals surface area contributed by atoms with Gasteiger partial charge in [0.25, 0.3) is 0 Å². The van der Waals surface area contributed by atoms with E-state index in [1.54, 1.807) is 18.2 Å². The number of aldehydes is 1. The number of halogens is 1. The number of rotatable bonds is 3. The van der Waals surface area contributed by atoms with Crippen molar-refractivity contribution in [2.75, 3.05) is 0 Å². The van der Waals surface area contributed by atoms with Crippen molar-refractivity contribution in [2.24, 2.45) is 0 Å². The van der Waals surface area contributed by atoms with E-state index < -0.39 is 0 Å². The van der Waals surface area contributed by atoms with Gasteiger partial charge >= 0.3 is 0 Å². The summed E-state index contributed by atoms with van der Waals surface area (Å²) in [7, 11) is 0. The lowest BCUT2D eigenvalue weighted by Crippen LogP contribution is -1.85. The first kappa shape index (κ1) is 11.7. The number of carbonyl (C=O) groups excluding carboxylic acids is 1. The van der Waals surface area contributed by atoms with Crippen LogP contribution in [0.5, 0.6) is 5.75 Å². The van der Waals surface area contributed by atoms with E-state index in [0.717, 1.165) is 23.0 Å². The van der Waals surface area contributed by atoms with Gasteiger partial charge in [0.15, 0.2) is 0 Å². The predicted octanol–water partition coefficient (Wildman–Crippen LogP) is 3.45. The lowest BCUT2D eigenvalue weighted by Gasteiger charge is -2.04. The zero-order valence-electron chi connectivity index (χ0n) is 9.06. The summed E-state index contributed by atoms with van der Waals surface area (Å²) in [6, 6.07) is 12.8. The van der Waals surface area contributed by atoms with Crippen LogP contribution < -0.4 is 0 Å². The smallest absolute Gasteiger partial charge is 0.134 e. The van der Waals surface area contributed by atoms with Crippen molar-refractivity contribution in [3.05, 3.63) is 53.1 Å². The van der Waals surface area contributed by atoms with Gasteiger partial charge in [-0.05, 0) is 28.8 Å². The first-order valence-electron chi connectivity index (χ1n) is 5.22. The highest BCUT2D eigenvalue weighted by Crippen LogP contribution is 2.29. The minimum absolute atomic E-state index is 0.0768. The van der Waals surface area contributed by atoms with Gasteiger partial charge in [-0.3, -0.25) is 0 Å². The molecule has 0 heterocycles. The van der Waals surface area contributed by atoms with Crippen LogP contribution in [-0.4, -0.2) is 11.4 Å². The predicted molar refractivity (Wildman–Crippen MR) is 68.3 cm³/mol. The highest BCUT2D eigenvalue weighted by Gasteiger charge is 2.02. The monoisotopic (exact) mass is 246 g/mol. The highest BCUT2D eigenvalue weighted by atomic mass is 35.5. The van der Waals surface area contributed by atoms with Crippen molar-refractivity contribution in [1.82, 2.24) is 0 Å². The number of hydrogen-bond acceptors (Lipinski definition) is 2. The van der Waals surface area contributed by atoms with E-state index in [9.17, 15) is 9.90 Å². The van der Waals surface area contributed by atoms with Gasteiger partial charge < -0.3 is 9.90 Å². The molecule has 0 saturated heterocycles. The fourth-order valence-corrected chi connectivity index (χ4v) is 1.80. The maximum absolute atomic E-state index is 10.4. The van der Waals surface area contributed by atoms with Gasteiger partial charge in [0.05, 0.1) is 5.02 Å². The summed E-state index contributed by atoms with van der Waals surface area (Å²) in [6.07, 6.45) is 1.31. The molecule has 0 saturated carbocycles. The molecule has 0 aromatic heterocycles. The van der Waals surface area contributed by atoms with Crippen molar-refractivity contribution in [3.8, 4) is 16.9 Å². The summed E-state index contributed by atoms with van der Waals surface area (Å²) in [6.45, 7) is 0. The molecule has 17 heavy (non-hydrogen) atoms.